The van der Waals surface area contributed by atoms with Gasteiger partial charge in [0.05, 0.1) is 19.1 Å². The van der Waals surface area contributed by atoms with Crippen LogP contribution in [0.2, 0.25) is 0 Å². The third kappa shape index (κ3) is 31.1. The van der Waals surface area contributed by atoms with E-state index < -0.39 is 201 Å². The summed E-state index contributed by atoms with van der Waals surface area (Å²) in [6.07, 6.45) is -3.38. The molecule has 35 nitrogen and oxygen atoms in total. The first-order chi connectivity index (χ1) is 42.2. The van der Waals surface area contributed by atoms with E-state index in [4.69, 9.17) is 40.1 Å². The number of hydrogen-bond acceptors (Lipinski definition) is 19. The van der Waals surface area contributed by atoms with Crippen molar-refractivity contribution in [2.24, 2.45) is 57.0 Å². The Morgan fingerprint density at radius 1 is 0.500 bits per heavy atom. The van der Waals surface area contributed by atoms with Crippen LogP contribution in [0.4, 0.5) is 0 Å². The summed E-state index contributed by atoms with van der Waals surface area (Å²) in [5.41, 5.74) is 38.8. The molecule has 0 aliphatic carbocycles. The van der Waals surface area contributed by atoms with Crippen molar-refractivity contribution in [3.05, 3.63) is 29.8 Å². The average molecular weight is 1280 g/mol. The number of aliphatic imine (C=N–C) groups is 1. The van der Waals surface area contributed by atoms with Crippen molar-refractivity contribution >= 4 is 88.8 Å². The number of phenols is 1. The monoisotopic (exact) mass is 1280 g/mol. The van der Waals surface area contributed by atoms with Gasteiger partial charge in [0.2, 0.25) is 70.9 Å². The van der Waals surface area contributed by atoms with Crippen LogP contribution in [0.1, 0.15) is 123 Å². The molecule has 0 radical (unpaired) electrons. The van der Waals surface area contributed by atoms with E-state index in [0.29, 0.717) is 12.0 Å². The standard InChI is InChI=1S/C55H91N17O18/c1-5-28(4)44(53(88)70-38(25-42(60)77)50(85)71-39(26-73)52(87)67-35(54(89)90)16-19-41(59)76)72-51(86)36(23-27(2)3)68-49(84)37(24-29-11-13-30(74)14-12-29)69-48(83)33(15-18-40(58)75)66-46(81)32(10-6-7-21-56)65-47(82)34(17-20-43(78)79)64-45(80)31(57)9-8-22-63-55(61)62/h11-14,27-28,31-39,44,73-74H,5-10,15-26,56-57H2,1-4H3,(H2,58,75)(H2,59,76)(H2,60,77)(H,64,80)(H,65,82)(H,66,81)(H,67,87)(H,68,84)(H,69,83)(H,70,88)(H,71,85)(H,72,86)(H,78,79)(H,89,90)(H4,61,62,63)/t28-,31-,32-,33-,34-,35-,36-,37-,38-,39-,44-/m0/s1. The SMILES string of the molecule is CC[C@H](C)[C@H](NC(=O)[C@H](CC(C)C)NC(=O)[C@H](Cc1ccc(O)cc1)NC(=O)[C@H](CCC(N)=O)NC(=O)[C@H](CCCCN)NC(=O)[C@H](CCC(=O)O)NC(=O)[C@@H](N)CCCN=C(N)N)C(=O)N[C@@H](CC(N)=O)C(=O)N[C@@H](CO)C(=O)N[C@@H](CCC(N)=O)C(=O)O. The van der Waals surface area contributed by atoms with E-state index in [2.05, 4.69) is 52.8 Å². The maximum Gasteiger partial charge on any atom is 0.326 e. The zero-order valence-electron chi connectivity index (χ0n) is 51.0. The second-order valence-corrected chi connectivity index (χ2v) is 21.8. The van der Waals surface area contributed by atoms with Crippen LogP contribution in [0.15, 0.2) is 29.3 Å². The van der Waals surface area contributed by atoms with Gasteiger partial charge in [-0.25, -0.2) is 4.79 Å². The zero-order chi connectivity index (χ0) is 68.4. The van der Waals surface area contributed by atoms with Crippen LogP contribution < -0.4 is 88.0 Å². The molecule has 0 heterocycles. The van der Waals surface area contributed by atoms with Gasteiger partial charge >= 0.3 is 11.9 Å². The van der Waals surface area contributed by atoms with Crippen LogP contribution in [0.5, 0.6) is 5.75 Å². The lowest BCUT2D eigenvalue weighted by Crippen LogP contribution is -2.62. The van der Waals surface area contributed by atoms with Gasteiger partial charge in [-0.2, -0.15) is 0 Å². The summed E-state index contributed by atoms with van der Waals surface area (Å²) in [5.74, 6) is -16.8. The number of unbranched alkanes of at least 4 members (excludes halogenated alkanes) is 1. The normalized spacial score (nSPS) is 14.7. The fourth-order valence-electron chi connectivity index (χ4n) is 8.56. The number of hydrogen-bond donors (Lipinski definition) is 20. The van der Waals surface area contributed by atoms with Crippen LogP contribution in [0.3, 0.4) is 0 Å². The number of amides is 12. The lowest BCUT2D eigenvalue weighted by Gasteiger charge is -2.30. The largest absolute Gasteiger partial charge is 0.508 e. The van der Waals surface area contributed by atoms with Crippen LogP contribution in [-0.2, 0) is 73.5 Å². The summed E-state index contributed by atoms with van der Waals surface area (Å²) < 4.78 is 0. The molecule has 0 aliphatic rings. The molecule has 11 atom stereocenters. The lowest BCUT2D eigenvalue weighted by molar-refractivity contribution is -0.143. The Labute approximate surface area is 519 Å². The maximum atomic E-state index is 14.6. The summed E-state index contributed by atoms with van der Waals surface area (Å²) in [4.78, 5) is 188. The van der Waals surface area contributed by atoms with Gasteiger partial charge in [-0.1, -0.05) is 46.2 Å². The van der Waals surface area contributed by atoms with Crippen molar-refractivity contribution in [2.75, 3.05) is 19.7 Å². The fourth-order valence-corrected chi connectivity index (χ4v) is 8.56. The van der Waals surface area contributed by atoms with E-state index in [1.807, 2.05) is 0 Å². The molecule has 90 heavy (non-hydrogen) atoms. The number of benzene rings is 1. The number of rotatable bonds is 45. The molecule has 0 fully saturated rings. The van der Waals surface area contributed by atoms with Crippen LogP contribution in [-0.4, -0.2) is 189 Å². The molecule has 0 aliphatic heterocycles. The van der Waals surface area contributed by atoms with Gasteiger partial charge in [0.1, 0.15) is 60.1 Å². The first-order valence-corrected chi connectivity index (χ1v) is 29.2. The minimum atomic E-state index is -1.87. The summed E-state index contributed by atoms with van der Waals surface area (Å²) in [5, 5.41) is 60.7. The molecule has 0 aromatic heterocycles. The third-order valence-electron chi connectivity index (χ3n) is 13.8. The van der Waals surface area contributed by atoms with Crippen molar-refractivity contribution in [1.29, 1.82) is 0 Å². The Balaban J connectivity index is 3.70. The Bertz CT molecular complexity index is 2660. The maximum absolute atomic E-state index is 14.6. The Morgan fingerprint density at radius 2 is 0.944 bits per heavy atom. The predicted molar refractivity (Wildman–Crippen MR) is 321 cm³/mol. The number of primary amides is 3. The van der Waals surface area contributed by atoms with E-state index in [0.717, 1.165) is 0 Å². The van der Waals surface area contributed by atoms with Crippen LogP contribution in [0.25, 0.3) is 0 Å². The number of aliphatic carboxylic acids is 2. The summed E-state index contributed by atoms with van der Waals surface area (Å²) >= 11 is 0. The summed E-state index contributed by atoms with van der Waals surface area (Å²) in [6.45, 7) is 5.73. The topological polar surface area (TPSA) is 623 Å². The molecule has 504 valence electrons. The molecule has 0 saturated heterocycles. The minimum Gasteiger partial charge on any atom is -0.508 e. The molecule has 12 amide bonds. The average Bonchev–Trinajstić information content (AvgIpc) is 1.42. The smallest absolute Gasteiger partial charge is 0.326 e. The number of aliphatic hydroxyl groups excluding tert-OH is 1. The van der Waals surface area contributed by atoms with Crippen molar-refractivity contribution in [3.8, 4) is 5.75 Å². The summed E-state index contributed by atoms with van der Waals surface area (Å²) in [6, 6.07) is -10.6. The van der Waals surface area contributed by atoms with E-state index in [1.165, 1.54) is 24.3 Å². The highest BCUT2D eigenvalue weighted by Gasteiger charge is 2.37. The van der Waals surface area contributed by atoms with Crippen LogP contribution >= 0.6 is 0 Å². The lowest BCUT2D eigenvalue weighted by atomic mass is 9.96. The van der Waals surface area contributed by atoms with Crippen molar-refractivity contribution in [2.45, 2.75) is 184 Å². The molecular weight excluding hydrogens is 1190 g/mol. The number of aliphatic hydroxyl groups is 1. The number of guanidine groups is 1. The number of nitrogens with one attached hydrogen (secondary N) is 9. The molecule has 0 spiro atoms. The molecule has 0 bridgehead atoms. The second kappa shape index (κ2) is 41.1. The first-order valence-electron chi connectivity index (χ1n) is 29.2. The van der Waals surface area contributed by atoms with Gasteiger partial charge in [-0.3, -0.25) is 67.3 Å². The molecule has 1 rings (SSSR count). The minimum absolute atomic E-state index is 0.0557. The Morgan fingerprint density at radius 3 is 1.43 bits per heavy atom. The molecule has 0 saturated carbocycles. The van der Waals surface area contributed by atoms with E-state index >= 15 is 0 Å². The quantitative estimate of drug-likeness (QED) is 0.0164. The van der Waals surface area contributed by atoms with Gasteiger partial charge in [-0.15, -0.1) is 0 Å². The van der Waals surface area contributed by atoms with Crippen molar-refractivity contribution < 1.29 is 87.5 Å². The number of carbonyl (C=O) groups excluding carboxylic acids is 12. The molecule has 0 unspecified atom stereocenters. The van der Waals surface area contributed by atoms with Gasteiger partial charge < -0.3 is 108 Å². The van der Waals surface area contributed by atoms with Crippen molar-refractivity contribution in [1.82, 2.24) is 47.9 Å². The predicted octanol–water partition coefficient (Wildman–Crippen LogP) is -6.75. The molecular formula is C55H91N17O18. The highest BCUT2D eigenvalue weighted by atomic mass is 16.4. The Kier molecular flexibility index (Phi) is 35.9. The van der Waals surface area contributed by atoms with Gasteiger partial charge in [0, 0.05) is 32.2 Å². The first kappa shape index (κ1) is 78.8. The number of carboxylic acids is 2. The highest BCUT2D eigenvalue weighted by Crippen LogP contribution is 2.16. The highest BCUT2D eigenvalue weighted by molar-refractivity contribution is 5.99. The van der Waals surface area contributed by atoms with Crippen molar-refractivity contribution in [3.63, 3.8) is 0 Å². The van der Waals surface area contributed by atoms with Gasteiger partial charge in [0.25, 0.3) is 0 Å². The number of nitrogens with zero attached hydrogens (tertiary/aromatic N) is 1. The number of carboxylic acid groups (broad SMARTS) is 2. The Hall–Kier alpha value is -9.25. The van der Waals surface area contributed by atoms with E-state index in [-0.39, 0.29) is 75.7 Å². The molecule has 27 N–H and O–H groups in total. The third-order valence-corrected chi connectivity index (χ3v) is 13.8. The summed E-state index contributed by atoms with van der Waals surface area (Å²) in [7, 11) is 0. The molecule has 35 heteroatoms. The van der Waals surface area contributed by atoms with E-state index in [9.17, 15) is 87.5 Å². The number of aromatic hydroxyl groups is 1. The zero-order valence-corrected chi connectivity index (χ0v) is 51.0. The van der Waals surface area contributed by atoms with Crippen LogP contribution in [0, 0.1) is 11.8 Å². The van der Waals surface area contributed by atoms with Gasteiger partial charge in [0.15, 0.2) is 5.96 Å². The number of carbonyl (C=O) groups is 14. The number of nitrogens with two attached hydrogens (primary N) is 7. The van der Waals surface area contributed by atoms with Gasteiger partial charge in [-0.05, 0) is 93.9 Å². The number of phenolic OH excluding ortho intramolecular Hbond substituents is 1. The second-order valence-electron chi connectivity index (χ2n) is 21.8. The molecule has 1 aromatic rings. The van der Waals surface area contributed by atoms with E-state index in [1.54, 1.807) is 27.7 Å². The fraction of sp³-hybridized carbons (Fsp3) is 0.618. The molecule has 1 aromatic carbocycles.